The molecule has 0 spiro atoms. The van der Waals surface area contributed by atoms with E-state index in [0.29, 0.717) is 37.4 Å². The Morgan fingerprint density at radius 1 is 1.09 bits per heavy atom. The maximum atomic E-state index is 12.7. The predicted octanol–water partition coefficient (Wildman–Crippen LogP) is 3.53. The molecule has 34 heavy (non-hydrogen) atoms. The molecule has 0 aromatic heterocycles. The average molecular weight is 467 g/mol. The molecular formula is C26H30N2O6. The van der Waals surface area contributed by atoms with Crippen LogP contribution in [0.15, 0.2) is 36.4 Å². The lowest BCUT2D eigenvalue weighted by Gasteiger charge is -2.24. The fourth-order valence-electron chi connectivity index (χ4n) is 4.53. The molecule has 8 nitrogen and oxygen atoms in total. The summed E-state index contributed by atoms with van der Waals surface area (Å²) < 4.78 is 16.3. The molecule has 2 aromatic carbocycles. The first-order valence-corrected chi connectivity index (χ1v) is 11.5. The minimum absolute atomic E-state index is 0.123. The van der Waals surface area contributed by atoms with E-state index in [9.17, 15) is 14.4 Å². The Hall–Kier alpha value is -3.55. The van der Waals surface area contributed by atoms with E-state index in [1.165, 1.54) is 6.92 Å². The van der Waals surface area contributed by atoms with Crippen molar-refractivity contribution < 1.29 is 28.6 Å². The monoisotopic (exact) mass is 466 g/mol. The second-order valence-corrected chi connectivity index (χ2v) is 8.72. The number of hydrogen-bond acceptors (Lipinski definition) is 6. The van der Waals surface area contributed by atoms with Crippen molar-refractivity contribution in [3.8, 4) is 11.5 Å². The normalized spacial score (nSPS) is 17.6. The van der Waals surface area contributed by atoms with Gasteiger partial charge in [-0.2, -0.15) is 0 Å². The van der Waals surface area contributed by atoms with E-state index < -0.39 is 12.2 Å². The van der Waals surface area contributed by atoms with Gasteiger partial charge in [0.05, 0.1) is 27.3 Å². The Bertz CT molecular complexity index is 1100. The number of Topliss-reactive ketones (excluding diaryl/α,β-unsaturated/α-hetero) is 1. The Morgan fingerprint density at radius 2 is 1.91 bits per heavy atom. The second kappa shape index (κ2) is 10.2. The van der Waals surface area contributed by atoms with E-state index in [4.69, 9.17) is 14.2 Å². The molecule has 0 N–H and O–H groups in total. The molecule has 2 amide bonds. The van der Waals surface area contributed by atoms with Crippen molar-refractivity contribution in [3.05, 3.63) is 53.1 Å². The molecule has 1 fully saturated rings. The van der Waals surface area contributed by atoms with Gasteiger partial charge in [-0.1, -0.05) is 6.07 Å². The SMILES string of the molecule is COc1ccc(CN(CC2CN(c3ccc4c(c3)CCCC(=O)C4)C(=O)O2)C(C)=O)c(OC)c1. The van der Waals surface area contributed by atoms with Crippen molar-refractivity contribution in [1.29, 1.82) is 0 Å². The van der Waals surface area contributed by atoms with Crippen LogP contribution in [-0.4, -0.2) is 56.1 Å². The molecule has 1 aliphatic heterocycles. The van der Waals surface area contributed by atoms with Crippen LogP contribution < -0.4 is 14.4 Å². The lowest BCUT2D eigenvalue weighted by molar-refractivity contribution is -0.130. The number of hydrogen-bond donors (Lipinski definition) is 0. The molecule has 0 bridgehead atoms. The summed E-state index contributed by atoms with van der Waals surface area (Å²) >= 11 is 0. The third-order valence-electron chi connectivity index (χ3n) is 6.39. The van der Waals surface area contributed by atoms with Gasteiger partial charge in [0.1, 0.15) is 23.4 Å². The Kier molecular flexibility index (Phi) is 7.05. The molecule has 1 unspecified atom stereocenters. The fraction of sp³-hybridized carbons (Fsp3) is 0.423. The van der Waals surface area contributed by atoms with Crippen molar-refractivity contribution >= 4 is 23.5 Å². The molecule has 1 aliphatic carbocycles. The summed E-state index contributed by atoms with van der Waals surface area (Å²) in [4.78, 5) is 40.2. The fourth-order valence-corrected chi connectivity index (χ4v) is 4.53. The van der Waals surface area contributed by atoms with E-state index in [2.05, 4.69) is 0 Å². The maximum absolute atomic E-state index is 12.7. The zero-order valence-corrected chi connectivity index (χ0v) is 19.8. The molecular weight excluding hydrogens is 436 g/mol. The highest BCUT2D eigenvalue weighted by molar-refractivity contribution is 5.90. The summed E-state index contributed by atoms with van der Waals surface area (Å²) in [6, 6.07) is 11.2. The largest absolute Gasteiger partial charge is 0.497 e. The number of aryl methyl sites for hydroxylation is 1. The zero-order valence-electron chi connectivity index (χ0n) is 19.8. The molecule has 4 rings (SSSR count). The van der Waals surface area contributed by atoms with Crippen LogP contribution in [0.2, 0.25) is 0 Å². The first-order chi connectivity index (χ1) is 16.4. The quantitative estimate of drug-likeness (QED) is 0.581. The maximum Gasteiger partial charge on any atom is 0.414 e. The van der Waals surface area contributed by atoms with Crippen LogP contribution in [0.3, 0.4) is 0 Å². The number of carbonyl (C=O) groups excluding carboxylic acids is 3. The number of amides is 2. The minimum Gasteiger partial charge on any atom is -0.497 e. The molecule has 2 aliphatic rings. The summed E-state index contributed by atoms with van der Waals surface area (Å²) in [6.45, 7) is 2.44. The van der Waals surface area contributed by atoms with Crippen molar-refractivity contribution in [1.82, 2.24) is 4.90 Å². The molecule has 0 radical (unpaired) electrons. The van der Waals surface area contributed by atoms with Crippen LogP contribution in [0, 0.1) is 0 Å². The summed E-state index contributed by atoms with van der Waals surface area (Å²) in [6.07, 6.45) is 1.80. The molecule has 1 saturated heterocycles. The first kappa shape index (κ1) is 23.6. The lowest BCUT2D eigenvalue weighted by Crippen LogP contribution is -2.37. The van der Waals surface area contributed by atoms with Gasteiger partial charge in [0, 0.05) is 43.6 Å². The van der Waals surface area contributed by atoms with Crippen LogP contribution in [0.1, 0.15) is 36.5 Å². The highest BCUT2D eigenvalue weighted by Crippen LogP contribution is 2.29. The Labute approximate surface area is 199 Å². The van der Waals surface area contributed by atoms with Crippen LogP contribution >= 0.6 is 0 Å². The van der Waals surface area contributed by atoms with E-state index in [-0.39, 0.29) is 18.2 Å². The van der Waals surface area contributed by atoms with Gasteiger partial charge in [-0.25, -0.2) is 4.79 Å². The molecule has 2 aromatic rings. The van der Waals surface area contributed by atoms with Crippen LogP contribution in [-0.2, 0) is 33.7 Å². The van der Waals surface area contributed by atoms with Gasteiger partial charge in [-0.05, 0) is 48.2 Å². The third-order valence-corrected chi connectivity index (χ3v) is 6.39. The molecule has 8 heteroatoms. The summed E-state index contributed by atoms with van der Waals surface area (Å²) in [5.74, 6) is 1.42. The van der Waals surface area contributed by atoms with Gasteiger partial charge in [-0.15, -0.1) is 0 Å². The summed E-state index contributed by atoms with van der Waals surface area (Å²) in [5, 5.41) is 0. The summed E-state index contributed by atoms with van der Waals surface area (Å²) in [5.41, 5.74) is 3.73. The molecule has 180 valence electrons. The lowest BCUT2D eigenvalue weighted by atomic mass is 10.0. The van der Waals surface area contributed by atoms with E-state index in [1.54, 1.807) is 30.1 Å². The minimum atomic E-state index is -0.457. The molecule has 0 saturated carbocycles. The number of rotatable bonds is 7. The zero-order chi connectivity index (χ0) is 24.2. The van der Waals surface area contributed by atoms with Gasteiger partial charge < -0.3 is 19.1 Å². The number of nitrogens with zero attached hydrogens (tertiary/aromatic N) is 2. The van der Waals surface area contributed by atoms with Gasteiger partial charge in [0.25, 0.3) is 0 Å². The van der Waals surface area contributed by atoms with Crippen molar-refractivity contribution in [2.75, 3.05) is 32.2 Å². The topological polar surface area (TPSA) is 85.4 Å². The number of ketones is 1. The van der Waals surface area contributed by atoms with Gasteiger partial charge in [0.15, 0.2) is 0 Å². The smallest absolute Gasteiger partial charge is 0.414 e. The molecule has 1 atom stereocenters. The van der Waals surface area contributed by atoms with Gasteiger partial charge >= 0.3 is 6.09 Å². The van der Waals surface area contributed by atoms with Crippen molar-refractivity contribution in [2.45, 2.75) is 45.3 Å². The predicted molar refractivity (Wildman–Crippen MR) is 126 cm³/mol. The number of ether oxygens (including phenoxy) is 3. The number of anilines is 1. The first-order valence-electron chi connectivity index (χ1n) is 11.5. The van der Waals surface area contributed by atoms with Crippen LogP contribution in [0.4, 0.5) is 10.5 Å². The molecule has 1 heterocycles. The van der Waals surface area contributed by atoms with E-state index in [1.807, 2.05) is 30.3 Å². The summed E-state index contributed by atoms with van der Waals surface area (Å²) in [7, 11) is 3.16. The average Bonchev–Trinajstić information content (AvgIpc) is 3.08. The highest BCUT2D eigenvalue weighted by Gasteiger charge is 2.34. The standard InChI is InChI=1S/C26H30N2O6/c1-17(29)27(14-20-8-10-23(32-2)13-25(20)33-3)15-24-16-28(26(31)34-24)21-9-7-19-12-22(30)6-4-5-18(19)11-21/h7-11,13,24H,4-6,12,14-16H2,1-3H3. The highest BCUT2D eigenvalue weighted by atomic mass is 16.6. The number of carbonyl (C=O) groups is 3. The van der Waals surface area contributed by atoms with Gasteiger partial charge in [0.2, 0.25) is 5.91 Å². The third kappa shape index (κ3) is 5.16. The Morgan fingerprint density at radius 3 is 2.65 bits per heavy atom. The van der Waals surface area contributed by atoms with Crippen LogP contribution in [0.25, 0.3) is 0 Å². The number of fused-ring (bicyclic) bond motifs is 1. The van der Waals surface area contributed by atoms with Gasteiger partial charge in [-0.3, -0.25) is 14.5 Å². The van der Waals surface area contributed by atoms with E-state index >= 15 is 0 Å². The number of methoxy groups -OCH3 is 2. The Balaban J connectivity index is 1.46. The van der Waals surface area contributed by atoms with Crippen molar-refractivity contribution in [2.24, 2.45) is 0 Å². The van der Waals surface area contributed by atoms with E-state index in [0.717, 1.165) is 35.2 Å². The van der Waals surface area contributed by atoms with Crippen LogP contribution in [0.5, 0.6) is 11.5 Å². The second-order valence-electron chi connectivity index (χ2n) is 8.72. The number of benzene rings is 2. The number of cyclic esters (lactones) is 1. The van der Waals surface area contributed by atoms with Crippen molar-refractivity contribution in [3.63, 3.8) is 0 Å².